The van der Waals surface area contributed by atoms with Gasteiger partial charge in [-0.3, -0.25) is 4.72 Å². The fourth-order valence-corrected chi connectivity index (χ4v) is 3.88. The van der Waals surface area contributed by atoms with Crippen LogP contribution in [0.1, 0.15) is 5.56 Å². The fourth-order valence-electron chi connectivity index (χ4n) is 2.51. The van der Waals surface area contributed by atoms with E-state index in [0.29, 0.717) is 16.4 Å². The first-order valence-corrected chi connectivity index (χ1v) is 10.7. The highest BCUT2D eigenvalue weighted by atomic mass is 35.5. The monoisotopic (exact) mass is 449 g/mol. The number of hydrogen-bond donors (Lipinski definition) is 3. The van der Waals surface area contributed by atoms with Crippen LogP contribution in [-0.2, 0) is 10.0 Å². The summed E-state index contributed by atoms with van der Waals surface area (Å²) in [6.45, 7) is 1.90. The van der Waals surface area contributed by atoms with E-state index in [9.17, 15) is 13.2 Å². The van der Waals surface area contributed by atoms with Crippen molar-refractivity contribution in [3.8, 4) is 0 Å². The zero-order valence-electron chi connectivity index (χ0n) is 15.2. The zero-order chi connectivity index (χ0) is 21.0. The van der Waals surface area contributed by atoms with E-state index in [2.05, 4.69) is 15.4 Å². The molecule has 0 spiro atoms. The van der Waals surface area contributed by atoms with E-state index >= 15 is 0 Å². The van der Waals surface area contributed by atoms with E-state index in [4.69, 9.17) is 23.2 Å². The van der Waals surface area contributed by atoms with Crippen molar-refractivity contribution < 1.29 is 13.2 Å². The van der Waals surface area contributed by atoms with Gasteiger partial charge in [0, 0.05) is 16.4 Å². The molecule has 3 aromatic carbocycles. The first kappa shape index (κ1) is 21.0. The van der Waals surface area contributed by atoms with Crippen LogP contribution in [0.3, 0.4) is 0 Å². The van der Waals surface area contributed by atoms with Gasteiger partial charge in [-0.2, -0.15) is 0 Å². The smallest absolute Gasteiger partial charge is 0.308 e. The molecule has 0 aliphatic rings. The number of nitrogens with one attached hydrogen (secondary N) is 3. The summed E-state index contributed by atoms with van der Waals surface area (Å²) in [5.74, 6) is 0. The Morgan fingerprint density at radius 1 is 0.862 bits per heavy atom. The number of sulfonamides is 1. The van der Waals surface area contributed by atoms with E-state index in [-0.39, 0.29) is 15.6 Å². The summed E-state index contributed by atoms with van der Waals surface area (Å²) in [4.78, 5) is 12.2. The van der Waals surface area contributed by atoms with Gasteiger partial charge < -0.3 is 10.6 Å². The van der Waals surface area contributed by atoms with E-state index in [1.807, 2.05) is 19.1 Å². The van der Waals surface area contributed by atoms with E-state index in [1.165, 1.54) is 18.2 Å². The number of amides is 2. The lowest BCUT2D eigenvalue weighted by Crippen LogP contribution is -2.20. The van der Waals surface area contributed by atoms with Gasteiger partial charge in [0.05, 0.1) is 15.6 Å². The Labute approximate surface area is 178 Å². The van der Waals surface area contributed by atoms with Gasteiger partial charge in [0.2, 0.25) is 0 Å². The molecule has 6 nitrogen and oxygen atoms in total. The maximum Gasteiger partial charge on any atom is 0.323 e. The Bertz CT molecular complexity index is 1150. The molecule has 9 heteroatoms. The minimum Gasteiger partial charge on any atom is -0.308 e. The van der Waals surface area contributed by atoms with Gasteiger partial charge in [0.25, 0.3) is 10.0 Å². The summed E-state index contributed by atoms with van der Waals surface area (Å²) in [6, 6.07) is 17.0. The first-order valence-electron chi connectivity index (χ1n) is 8.45. The van der Waals surface area contributed by atoms with E-state index in [1.54, 1.807) is 36.4 Å². The van der Waals surface area contributed by atoms with Crippen LogP contribution in [0.4, 0.5) is 21.9 Å². The molecule has 3 rings (SSSR count). The number of benzene rings is 3. The van der Waals surface area contributed by atoms with Crippen molar-refractivity contribution in [2.75, 3.05) is 15.4 Å². The molecular weight excluding hydrogens is 433 g/mol. The maximum atomic E-state index is 12.6. The molecule has 0 fully saturated rings. The molecule has 150 valence electrons. The normalized spacial score (nSPS) is 11.0. The van der Waals surface area contributed by atoms with Crippen molar-refractivity contribution >= 4 is 56.3 Å². The van der Waals surface area contributed by atoms with Gasteiger partial charge in [-0.05, 0) is 67.1 Å². The molecule has 0 unspecified atom stereocenters. The Kier molecular flexibility index (Phi) is 6.32. The van der Waals surface area contributed by atoms with Crippen LogP contribution in [0.15, 0.2) is 71.6 Å². The van der Waals surface area contributed by atoms with Crippen LogP contribution in [0.2, 0.25) is 10.0 Å². The Morgan fingerprint density at radius 3 is 2.28 bits per heavy atom. The molecule has 0 aliphatic heterocycles. The Balaban J connectivity index is 1.78. The summed E-state index contributed by atoms with van der Waals surface area (Å²) in [6.07, 6.45) is 0. The highest BCUT2D eigenvalue weighted by Gasteiger charge is 2.17. The number of hydrogen-bond acceptors (Lipinski definition) is 3. The maximum absolute atomic E-state index is 12.6. The molecule has 2 amide bonds. The second kappa shape index (κ2) is 8.73. The average Bonchev–Trinajstić information content (AvgIpc) is 2.65. The SMILES string of the molecule is Cc1cccc(NC(=O)Nc2cc(S(=O)(=O)Nc3ccc(Cl)cc3)ccc2Cl)c1. The molecule has 0 aromatic heterocycles. The van der Waals surface area contributed by atoms with Crippen LogP contribution in [-0.4, -0.2) is 14.4 Å². The van der Waals surface area contributed by atoms with Crippen LogP contribution in [0, 0.1) is 6.92 Å². The summed E-state index contributed by atoms with van der Waals surface area (Å²) in [5, 5.41) is 5.94. The highest BCUT2D eigenvalue weighted by molar-refractivity contribution is 7.92. The molecule has 0 atom stereocenters. The van der Waals surface area contributed by atoms with Crippen LogP contribution >= 0.6 is 23.2 Å². The zero-order valence-corrected chi connectivity index (χ0v) is 17.6. The highest BCUT2D eigenvalue weighted by Crippen LogP contribution is 2.27. The molecule has 3 N–H and O–H groups in total. The summed E-state index contributed by atoms with van der Waals surface area (Å²) in [5.41, 5.74) is 2.11. The number of rotatable bonds is 5. The lowest BCUT2D eigenvalue weighted by Gasteiger charge is -2.12. The van der Waals surface area contributed by atoms with Crippen molar-refractivity contribution in [3.05, 3.63) is 82.3 Å². The Morgan fingerprint density at radius 2 is 1.59 bits per heavy atom. The van der Waals surface area contributed by atoms with E-state index in [0.717, 1.165) is 5.56 Å². The molecule has 0 saturated carbocycles. The lowest BCUT2D eigenvalue weighted by molar-refractivity contribution is 0.262. The van der Waals surface area contributed by atoms with Gasteiger partial charge in [-0.1, -0.05) is 35.3 Å². The predicted molar refractivity (Wildman–Crippen MR) is 118 cm³/mol. The van der Waals surface area contributed by atoms with Crippen LogP contribution in [0.25, 0.3) is 0 Å². The minimum absolute atomic E-state index is 0.0531. The molecular formula is C20H17Cl2N3O3S. The molecule has 0 heterocycles. The van der Waals surface area contributed by atoms with Crippen molar-refractivity contribution in [1.29, 1.82) is 0 Å². The van der Waals surface area contributed by atoms with Crippen LogP contribution < -0.4 is 15.4 Å². The third kappa shape index (κ3) is 5.63. The average molecular weight is 450 g/mol. The second-order valence-electron chi connectivity index (χ2n) is 6.20. The molecule has 3 aromatic rings. The fraction of sp³-hybridized carbons (Fsp3) is 0.0500. The van der Waals surface area contributed by atoms with Gasteiger partial charge in [-0.15, -0.1) is 0 Å². The third-order valence-corrected chi connectivity index (χ3v) is 5.83. The number of carbonyl (C=O) groups excluding carboxylic acids is 1. The topological polar surface area (TPSA) is 87.3 Å². The lowest BCUT2D eigenvalue weighted by atomic mass is 10.2. The van der Waals surface area contributed by atoms with Gasteiger partial charge >= 0.3 is 6.03 Å². The number of anilines is 3. The van der Waals surface area contributed by atoms with Crippen molar-refractivity contribution in [3.63, 3.8) is 0 Å². The van der Waals surface area contributed by atoms with Gasteiger partial charge in [-0.25, -0.2) is 13.2 Å². The standard InChI is InChI=1S/C20H17Cl2N3O3S/c1-13-3-2-4-16(11-13)23-20(26)24-19-12-17(9-10-18(19)22)29(27,28)25-15-7-5-14(21)6-8-15/h2-12,25H,1H3,(H2,23,24,26). The van der Waals surface area contributed by atoms with E-state index < -0.39 is 16.1 Å². The number of carbonyl (C=O) groups is 1. The number of aryl methyl sites for hydroxylation is 1. The number of urea groups is 1. The quantitative estimate of drug-likeness (QED) is 0.463. The molecule has 29 heavy (non-hydrogen) atoms. The summed E-state index contributed by atoms with van der Waals surface area (Å²) < 4.78 is 27.7. The first-order chi connectivity index (χ1) is 13.7. The van der Waals surface area contributed by atoms with Gasteiger partial charge in [0.1, 0.15) is 0 Å². The van der Waals surface area contributed by atoms with Crippen molar-refractivity contribution in [2.24, 2.45) is 0 Å². The minimum atomic E-state index is -3.89. The third-order valence-electron chi connectivity index (χ3n) is 3.87. The molecule has 0 aliphatic carbocycles. The predicted octanol–water partition coefficient (Wildman–Crippen LogP) is 5.75. The van der Waals surface area contributed by atoms with Crippen molar-refractivity contribution in [1.82, 2.24) is 0 Å². The summed E-state index contributed by atoms with van der Waals surface area (Å²) >= 11 is 11.9. The van der Waals surface area contributed by atoms with Crippen LogP contribution in [0.5, 0.6) is 0 Å². The number of halogens is 2. The molecule has 0 saturated heterocycles. The molecule has 0 radical (unpaired) electrons. The second-order valence-corrected chi connectivity index (χ2v) is 8.73. The van der Waals surface area contributed by atoms with Crippen molar-refractivity contribution in [2.45, 2.75) is 11.8 Å². The largest absolute Gasteiger partial charge is 0.323 e. The molecule has 0 bridgehead atoms. The Hall–Kier alpha value is -2.74. The van der Waals surface area contributed by atoms with Gasteiger partial charge in [0.15, 0.2) is 0 Å². The summed E-state index contributed by atoms with van der Waals surface area (Å²) in [7, 11) is -3.89.